The van der Waals surface area contributed by atoms with Crippen molar-refractivity contribution in [3.63, 3.8) is 0 Å². The Kier molecular flexibility index (Phi) is 6.59. The van der Waals surface area contributed by atoms with E-state index in [2.05, 4.69) is 47.5 Å². The minimum atomic E-state index is -4.81. The Morgan fingerprint density at radius 3 is 2.45 bits per heavy atom. The summed E-state index contributed by atoms with van der Waals surface area (Å²) in [5.74, 6) is -1.88. The molecule has 1 aromatic heterocycles. The average Bonchev–Trinajstić information content (AvgIpc) is 3.02. The molecule has 29 heavy (non-hydrogen) atoms. The number of carbonyl (C=O) groups is 1. The quantitative estimate of drug-likeness (QED) is 0.355. The Bertz CT molecular complexity index is 1040. The van der Waals surface area contributed by atoms with E-state index >= 15 is 0 Å². The largest absolute Gasteiger partial charge is 0.419 e. The molecule has 0 aliphatic carbocycles. The number of rotatable bonds is 5. The molecule has 0 atom stereocenters. The van der Waals surface area contributed by atoms with Gasteiger partial charge < -0.3 is 10.6 Å². The number of thiazole rings is 1. The number of nitrogens with zero attached hydrogens (tertiary/aromatic N) is 1. The molecule has 0 spiro atoms. The fraction of sp³-hybridized carbons (Fsp3) is 0.111. The molecule has 4 nitrogen and oxygen atoms in total. The predicted octanol–water partition coefficient (Wildman–Crippen LogP) is 6.50. The van der Waals surface area contributed by atoms with Crippen LogP contribution >= 0.6 is 43.2 Å². The Labute approximate surface area is 183 Å². The van der Waals surface area contributed by atoms with Crippen LogP contribution in [0, 0.1) is 5.82 Å². The molecular formula is C18H11Br2F4N3OS. The predicted molar refractivity (Wildman–Crippen MR) is 110 cm³/mol. The van der Waals surface area contributed by atoms with Gasteiger partial charge in [-0.3, -0.25) is 4.79 Å². The van der Waals surface area contributed by atoms with Gasteiger partial charge in [0.15, 0.2) is 5.13 Å². The maximum atomic E-state index is 13.4. The van der Waals surface area contributed by atoms with Gasteiger partial charge >= 0.3 is 6.18 Å². The van der Waals surface area contributed by atoms with Gasteiger partial charge in [-0.25, -0.2) is 9.37 Å². The van der Waals surface area contributed by atoms with Gasteiger partial charge in [-0.2, -0.15) is 13.2 Å². The van der Waals surface area contributed by atoms with Crippen LogP contribution in [0.2, 0.25) is 0 Å². The number of aromatic nitrogens is 1. The van der Waals surface area contributed by atoms with E-state index in [4.69, 9.17) is 0 Å². The van der Waals surface area contributed by atoms with Gasteiger partial charge in [0.2, 0.25) is 0 Å². The van der Waals surface area contributed by atoms with E-state index < -0.39 is 23.5 Å². The molecule has 0 aliphatic heterocycles. The van der Waals surface area contributed by atoms with Crippen molar-refractivity contribution in [1.29, 1.82) is 0 Å². The molecule has 152 valence electrons. The van der Waals surface area contributed by atoms with Gasteiger partial charge in [0.1, 0.15) is 15.3 Å². The SMILES string of the molecule is O=C(NCc1ccc(F)c(C(F)(F)F)c1)c1sc(Nc2ccc(Br)cc2)nc1Br. The van der Waals surface area contributed by atoms with Crippen LogP contribution in [0.25, 0.3) is 0 Å². The normalized spacial score (nSPS) is 11.4. The minimum absolute atomic E-state index is 0.126. The van der Waals surface area contributed by atoms with E-state index in [9.17, 15) is 22.4 Å². The van der Waals surface area contributed by atoms with Crippen molar-refractivity contribution in [3.05, 3.63) is 73.4 Å². The van der Waals surface area contributed by atoms with E-state index in [0.717, 1.165) is 27.6 Å². The first-order valence-corrected chi connectivity index (χ1v) is 10.4. The van der Waals surface area contributed by atoms with E-state index in [1.807, 2.05) is 24.3 Å². The van der Waals surface area contributed by atoms with Crippen LogP contribution in [0.5, 0.6) is 0 Å². The Hall–Kier alpha value is -1.98. The van der Waals surface area contributed by atoms with Gasteiger partial charge in [0.05, 0.1) is 5.56 Å². The van der Waals surface area contributed by atoms with Crippen LogP contribution in [-0.4, -0.2) is 10.9 Å². The van der Waals surface area contributed by atoms with Gasteiger partial charge in [-0.15, -0.1) is 0 Å². The van der Waals surface area contributed by atoms with Crippen molar-refractivity contribution in [2.45, 2.75) is 12.7 Å². The summed E-state index contributed by atoms with van der Waals surface area (Å²) in [5.41, 5.74) is -0.475. The summed E-state index contributed by atoms with van der Waals surface area (Å²) in [6.45, 7) is -0.192. The number of amides is 1. The molecule has 0 saturated carbocycles. The Morgan fingerprint density at radius 2 is 1.79 bits per heavy atom. The van der Waals surface area contributed by atoms with E-state index in [-0.39, 0.29) is 17.0 Å². The summed E-state index contributed by atoms with van der Waals surface area (Å²) in [7, 11) is 0. The number of alkyl halides is 3. The van der Waals surface area contributed by atoms with Gasteiger partial charge in [0.25, 0.3) is 5.91 Å². The number of nitrogens with one attached hydrogen (secondary N) is 2. The maximum Gasteiger partial charge on any atom is 0.419 e. The summed E-state index contributed by atoms with van der Waals surface area (Å²) in [6.07, 6.45) is -4.81. The molecule has 0 fully saturated rings. The molecule has 0 bridgehead atoms. The first-order chi connectivity index (χ1) is 13.6. The highest BCUT2D eigenvalue weighted by molar-refractivity contribution is 9.10. The maximum absolute atomic E-state index is 13.4. The third-order valence-corrected chi connectivity index (χ3v) is 6.01. The van der Waals surface area contributed by atoms with Gasteiger partial charge in [-0.05, 0) is 57.9 Å². The van der Waals surface area contributed by atoms with Crippen molar-refractivity contribution in [2.24, 2.45) is 0 Å². The van der Waals surface area contributed by atoms with Crippen molar-refractivity contribution in [1.82, 2.24) is 10.3 Å². The zero-order chi connectivity index (χ0) is 21.2. The molecule has 0 saturated heterocycles. The number of halogens is 6. The fourth-order valence-corrected chi connectivity index (χ4v) is 4.09. The van der Waals surface area contributed by atoms with Crippen LogP contribution in [-0.2, 0) is 12.7 Å². The summed E-state index contributed by atoms with van der Waals surface area (Å²) < 4.78 is 53.0. The zero-order valence-corrected chi connectivity index (χ0v) is 18.3. The van der Waals surface area contributed by atoms with Crippen LogP contribution in [0.4, 0.5) is 28.4 Å². The van der Waals surface area contributed by atoms with Crippen molar-refractivity contribution < 1.29 is 22.4 Å². The summed E-state index contributed by atoms with van der Waals surface area (Å²) in [5, 5.41) is 6.04. The van der Waals surface area contributed by atoms with Crippen LogP contribution in [0.1, 0.15) is 20.8 Å². The van der Waals surface area contributed by atoms with Crippen LogP contribution < -0.4 is 10.6 Å². The monoisotopic (exact) mass is 551 g/mol. The van der Waals surface area contributed by atoms with Crippen molar-refractivity contribution in [3.8, 4) is 0 Å². The molecule has 11 heteroatoms. The second kappa shape index (κ2) is 8.80. The highest BCUT2D eigenvalue weighted by Gasteiger charge is 2.34. The molecular weight excluding hydrogens is 542 g/mol. The molecule has 1 heterocycles. The van der Waals surface area contributed by atoms with Gasteiger partial charge in [0, 0.05) is 16.7 Å². The smallest absolute Gasteiger partial charge is 0.347 e. The zero-order valence-electron chi connectivity index (χ0n) is 14.3. The molecule has 2 aromatic carbocycles. The number of hydrogen-bond acceptors (Lipinski definition) is 4. The van der Waals surface area contributed by atoms with E-state index in [1.165, 1.54) is 6.07 Å². The Morgan fingerprint density at radius 1 is 1.10 bits per heavy atom. The first kappa shape index (κ1) is 21.7. The van der Waals surface area contributed by atoms with E-state index in [0.29, 0.717) is 15.8 Å². The average molecular weight is 553 g/mol. The second-order valence-electron chi connectivity index (χ2n) is 5.77. The number of hydrogen-bond donors (Lipinski definition) is 2. The summed E-state index contributed by atoms with van der Waals surface area (Å²) in [4.78, 5) is 16.9. The topological polar surface area (TPSA) is 54.0 Å². The first-order valence-electron chi connectivity index (χ1n) is 7.96. The van der Waals surface area contributed by atoms with Crippen molar-refractivity contribution >= 4 is 59.9 Å². The second-order valence-corrected chi connectivity index (χ2v) is 8.43. The van der Waals surface area contributed by atoms with E-state index in [1.54, 1.807) is 0 Å². The fourth-order valence-electron chi connectivity index (χ4n) is 2.31. The lowest BCUT2D eigenvalue weighted by atomic mass is 10.1. The third-order valence-electron chi connectivity index (χ3n) is 3.68. The highest BCUT2D eigenvalue weighted by Crippen LogP contribution is 2.32. The molecule has 0 unspecified atom stereocenters. The Balaban J connectivity index is 1.68. The lowest BCUT2D eigenvalue weighted by Gasteiger charge is -2.10. The third kappa shape index (κ3) is 5.55. The highest BCUT2D eigenvalue weighted by atomic mass is 79.9. The molecule has 2 N–H and O–H groups in total. The lowest BCUT2D eigenvalue weighted by molar-refractivity contribution is -0.140. The standard InChI is InChI=1S/C18H11Br2F4N3OS/c19-10-2-4-11(5-3-10)26-17-27-15(20)14(29-17)16(28)25-8-9-1-6-13(21)12(7-9)18(22,23)24/h1-7H,8H2,(H,25,28)(H,26,27). The molecule has 3 aromatic rings. The van der Waals surface area contributed by atoms with Gasteiger partial charge in [-0.1, -0.05) is 33.3 Å². The van der Waals surface area contributed by atoms with Crippen LogP contribution in [0.3, 0.4) is 0 Å². The van der Waals surface area contributed by atoms with Crippen molar-refractivity contribution in [2.75, 3.05) is 5.32 Å². The van der Waals surface area contributed by atoms with Crippen LogP contribution in [0.15, 0.2) is 51.5 Å². The number of carbonyl (C=O) groups excluding carboxylic acids is 1. The number of benzene rings is 2. The molecule has 0 aliphatic rings. The molecule has 0 radical (unpaired) electrons. The summed E-state index contributed by atoms with van der Waals surface area (Å²) >= 11 is 7.62. The number of anilines is 2. The minimum Gasteiger partial charge on any atom is -0.347 e. The summed E-state index contributed by atoms with van der Waals surface area (Å²) in [6, 6.07) is 9.93. The lowest BCUT2D eigenvalue weighted by Crippen LogP contribution is -2.22. The molecule has 3 rings (SSSR count). The molecule has 1 amide bonds.